The van der Waals surface area contributed by atoms with Crippen LogP contribution in [-0.2, 0) is 33.3 Å². The van der Waals surface area contributed by atoms with Crippen molar-refractivity contribution in [1.82, 2.24) is 0 Å². The molecule has 3 unspecified atom stereocenters. The molecule has 13 heteroatoms. The first-order valence-corrected chi connectivity index (χ1v) is 10.3. The maximum atomic E-state index is 11.7. The maximum Gasteiger partial charge on any atom is 0.303 e. The molecule has 0 radical (unpaired) electrons. The minimum absolute atomic E-state index is 0.176. The number of halogens is 2. The van der Waals surface area contributed by atoms with Gasteiger partial charge in [-0.2, -0.15) is 0 Å². The summed E-state index contributed by atoms with van der Waals surface area (Å²) >= 11 is 12.0. The largest absolute Gasteiger partial charge is 0.463 e. The molecule has 11 nitrogen and oxygen atoms in total. The van der Waals surface area contributed by atoms with Crippen molar-refractivity contribution in [2.45, 2.75) is 51.4 Å². The summed E-state index contributed by atoms with van der Waals surface area (Å²) < 4.78 is 33.1. The van der Waals surface area contributed by atoms with Crippen LogP contribution >= 0.6 is 23.2 Å². The molecule has 1 aromatic rings. The molecule has 32 heavy (non-hydrogen) atoms. The minimum atomic E-state index is -1.17. The minimum Gasteiger partial charge on any atom is -0.463 e. The Hall–Kier alpha value is -2.27. The molecule has 1 heterocycles. The fraction of sp³-hybridized carbons (Fsp3) is 0.579. The molecule has 0 aliphatic carbocycles. The van der Waals surface area contributed by atoms with Gasteiger partial charge in [0.25, 0.3) is 0 Å². The number of ether oxygens (including phenoxy) is 6. The van der Waals surface area contributed by atoms with E-state index in [9.17, 15) is 9.59 Å². The Balaban J connectivity index is 2.40. The highest BCUT2D eigenvalue weighted by Crippen LogP contribution is 2.33. The number of benzene rings is 1. The topological polar surface area (TPSA) is 138 Å². The molecule has 1 saturated heterocycles. The summed E-state index contributed by atoms with van der Waals surface area (Å²) in [4.78, 5) is 25.9. The van der Waals surface area contributed by atoms with Gasteiger partial charge in [-0.25, -0.2) is 0 Å². The second-order valence-corrected chi connectivity index (χ2v) is 7.37. The molecule has 2 rings (SSSR count). The molecule has 0 aromatic heterocycles. The molecule has 1 fully saturated rings. The Labute approximate surface area is 194 Å². The summed E-state index contributed by atoms with van der Waals surface area (Å²) in [7, 11) is 0. The van der Waals surface area contributed by atoms with E-state index in [1.807, 2.05) is 0 Å². The number of carbonyl (C=O) groups is 2. The third-order valence-corrected chi connectivity index (χ3v) is 4.98. The predicted octanol–water partition coefficient (Wildman–Crippen LogP) is 3.65. The maximum absolute atomic E-state index is 11.7. The highest BCUT2D eigenvalue weighted by atomic mass is 35.5. The van der Waals surface area contributed by atoms with Crippen LogP contribution < -0.4 is 4.74 Å². The van der Waals surface area contributed by atoms with Crippen LogP contribution in [0.3, 0.4) is 0 Å². The van der Waals surface area contributed by atoms with Gasteiger partial charge in [-0.15, -0.1) is 0 Å². The Bertz CT molecular complexity index is 852. The lowest BCUT2D eigenvalue weighted by molar-refractivity contribution is -0.275. The first-order chi connectivity index (χ1) is 15.3. The first-order valence-electron chi connectivity index (χ1n) is 9.58. The van der Waals surface area contributed by atoms with Crippen LogP contribution in [0.15, 0.2) is 23.3 Å². The Morgan fingerprint density at radius 2 is 1.94 bits per heavy atom. The number of esters is 2. The fourth-order valence-electron chi connectivity index (χ4n) is 2.92. The van der Waals surface area contributed by atoms with E-state index in [0.717, 1.165) is 0 Å². The van der Waals surface area contributed by atoms with Crippen LogP contribution in [0.25, 0.3) is 10.4 Å². The van der Waals surface area contributed by atoms with Crippen molar-refractivity contribution in [2.24, 2.45) is 5.11 Å². The van der Waals surface area contributed by atoms with E-state index in [1.165, 1.54) is 26.0 Å². The zero-order chi connectivity index (χ0) is 23.7. The van der Waals surface area contributed by atoms with Crippen LogP contribution in [0.5, 0.6) is 5.75 Å². The van der Waals surface area contributed by atoms with Crippen LogP contribution in [0.1, 0.15) is 20.8 Å². The van der Waals surface area contributed by atoms with Crippen molar-refractivity contribution in [2.75, 3.05) is 20.0 Å². The average molecular weight is 492 g/mol. The van der Waals surface area contributed by atoms with Crippen LogP contribution in [0.2, 0.25) is 10.0 Å². The van der Waals surface area contributed by atoms with E-state index in [2.05, 4.69) is 10.0 Å². The highest BCUT2D eigenvalue weighted by molar-refractivity contribution is 6.42. The van der Waals surface area contributed by atoms with Crippen molar-refractivity contribution >= 4 is 35.1 Å². The average Bonchev–Trinajstić information content (AvgIpc) is 2.72. The lowest BCUT2D eigenvalue weighted by Gasteiger charge is -2.43. The normalized spacial score (nSPS) is 24.8. The van der Waals surface area contributed by atoms with Gasteiger partial charge < -0.3 is 28.4 Å². The van der Waals surface area contributed by atoms with Crippen LogP contribution in [0.4, 0.5) is 0 Å². The van der Waals surface area contributed by atoms with Crippen molar-refractivity contribution in [3.63, 3.8) is 0 Å². The lowest BCUT2D eigenvalue weighted by atomic mass is 9.96. The van der Waals surface area contributed by atoms with Gasteiger partial charge in [-0.1, -0.05) is 28.3 Å². The van der Waals surface area contributed by atoms with Crippen LogP contribution in [0, 0.1) is 0 Å². The smallest absolute Gasteiger partial charge is 0.303 e. The molecule has 1 aliphatic heterocycles. The third-order valence-electron chi connectivity index (χ3n) is 4.25. The van der Waals surface area contributed by atoms with E-state index in [0.29, 0.717) is 11.6 Å². The van der Waals surface area contributed by atoms with Crippen molar-refractivity contribution in [3.05, 3.63) is 38.7 Å². The summed E-state index contributed by atoms with van der Waals surface area (Å²) in [6.07, 6.45) is -4.36. The number of nitrogens with zero attached hydrogens (tertiary/aromatic N) is 3. The van der Waals surface area contributed by atoms with Gasteiger partial charge in [0.15, 0.2) is 0 Å². The summed E-state index contributed by atoms with van der Waals surface area (Å²) in [6.45, 7) is 4.07. The van der Waals surface area contributed by atoms with Gasteiger partial charge in [0.2, 0.25) is 6.29 Å². The lowest BCUT2D eigenvalue weighted by Crippen LogP contribution is -2.61. The van der Waals surface area contributed by atoms with Crippen LogP contribution in [-0.4, -0.2) is 62.6 Å². The Morgan fingerprint density at radius 3 is 2.53 bits per heavy atom. The van der Waals surface area contributed by atoms with Crippen molar-refractivity contribution < 1.29 is 38.0 Å². The number of carbonyl (C=O) groups excluding carboxylic acids is 2. The number of rotatable bonds is 10. The summed E-state index contributed by atoms with van der Waals surface area (Å²) in [5.41, 5.74) is 9.14. The first kappa shape index (κ1) is 26.0. The molecule has 1 aromatic carbocycles. The molecular formula is C19H23Cl2N3O8. The standard InChI is InChI=1S/C19H23Cl2N3O8/c1-4-27-9-29-18-16(23-24-22)17(30-11(3)26)15(8-28-10(2)25)32-19(18)31-12-5-6-13(20)14(21)7-12/h5-7,15-19H,4,8-9H2,1-3H3/t15?,16?,17-,18?,19-/m0/s1. The molecule has 0 bridgehead atoms. The van der Waals surface area contributed by atoms with Gasteiger partial charge in [0.1, 0.15) is 43.5 Å². The summed E-state index contributed by atoms with van der Waals surface area (Å²) in [6, 6.07) is 3.46. The van der Waals surface area contributed by atoms with Gasteiger partial charge >= 0.3 is 11.9 Å². The zero-order valence-corrected chi connectivity index (χ0v) is 19.1. The molecule has 1 aliphatic rings. The predicted molar refractivity (Wildman–Crippen MR) is 112 cm³/mol. The van der Waals surface area contributed by atoms with E-state index in [-0.39, 0.29) is 24.2 Å². The Kier molecular flexibility index (Phi) is 10.3. The SMILES string of the molecule is CCOCOC1C(N=[N+]=[N-])[C@@H](OC(C)=O)C(COC(C)=O)O[C@@H]1Oc1ccc(Cl)c(Cl)c1. The summed E-state index contributed by atoms with van der Waals surface area (Å²) in [5.74, 6) is -0.949. The van der Waals surface area contributed by atoms with E-state index in [1.54, 1.807) is 13.0 Å². The zero-order valence-electron chi connectivity index (χ0n) is 17.6. The highest BCUT2D eigenvalue weighted by Gasteiger charge is 2.50. The molecule has 0 N–H and O–H groups in total. The van der Waals surface area contributed by atoms with Gasteiger partial charge in [-0.05, 0) is 24.6 Å². The Morgan fingerprint density at radius 1 is 1.19 bits per heavy atom. The van der Waals surface area contributed by atoms with E-state index in [4.69, 9.17) is 57.2 Å². The second-order valence-electron chi connectivity index (χ2n) is 6.55. The third kappa shape index (κ3) is 7.40. The molecule has 0 amide bonds. The number of azide groups is 1. The molecule has 0 saturated carbocycles. The van der Waals surface area contributed by atoms with E-state index >= 15 is 0 Å². The van der Waals surface area contributed by atoms with Crippen molar-refractivity contribution in [1.29, 1.82) is 0 Å². The molecule has 176 valence electrons. The number of hydrogen-bond donors (Lipinski definition) is 0. The monoisotopic (exact) mass is 491 g/mol. The fourth-order valence-corrected chi connectivity index (χ4v) is 3.21. The summed E-state index contributed by atoms with van der Waals surface area (Å²) in [5, 5.41) is 4.32. The van der Waals surface area contributed by atoms with Gasteiger partial charge in [0, 0.05) is 31.4 Å². The van der Waals surface area contributed by atoms with Gasteiger partial charge in [-0.3, -0.25) is 9.59 Å². The molecular weight excluding hydrogens is 469 g/mol. The quantitative estimate of drug-likeness (QED) is 0.121. The van der Waals surface area contributed by atoms with Crippen molar-refractivity contribution in [3.8, 4) is 5.75 Å². The molecule has 0 spiro atoms. The number of hydrogen-bond acceptors (Lipinski definition) is 9. The van der Waals surface area contributed by atoms with Gasteiger partial charge in [0.05, 0.1) is 10.0 Å². The molecule has 5 atom stereocenters. The second kappa shape index (κ2) is 12.7. The van der Waals surface area contributed by atoms with E-state index < -0.39 is 42.6 Å².